The van der Waals surface area contributed by atoms with Crippen LogP contribution in [-0.2, 0) is 33.6 Å². The summed E-state index contributed by atoms with van der Waals surface area (Å²) in [5, 5.41) is 44.6. The van der Waals surface area contributed by atoms with Gasteiger partial charge in [-0.05, 0) is 19.4 Å². The SMILES string of the molecule is O=C(O)CC(NC(=O)C(CC(=O)O)NC(=O)C(CC(=O)O)NC(=O)C1CCCN1)C(=O)O. The van der Waals surface area contributed by atoms with Gasteiger partial charge in [-0.1, -0.05) is 0 Å². The van der Waals surface area contributed by atoms with Crippen molar-refractivity contribution in [2.24, 2.45) is 0 Å². The van der Waals surface area contributed by atoms with Gasteiger partial charge in [0.1, 0.15) is 18.1 Å². The number of nitrogens with one attached hydrogen (secondary N) is 4. The lowest BCUT2D eigenvalue weighted by atomic mass is 10.1. The van der Waals surface area contributed by atoms with Crippen LogP contribution < -0.4 is 21.3 Å². The molecule has 0 bridgehead atoms. The summed E-state index contributed by atoms with van der Waals surface area (Å²) < 4.78 is 0. The maximum Gasteiger partial charge on any atom is 0.326 e. The molecule has 3 amide bonds. The number of carboxylic acids is 4. The average molecular weight is 460 g/mol. The molecule has 32 heavy (non-hydrogen) atoms. The summed E-state index contributed by atoms with van der Waals surface area (Å²) in [7, 11) is 0. The summed E-state index contributed by atoms with van der Waals surface area (Å²) >= 11 is 0. The van der Waals surface area contributed by atoms with E-state index in [-0.39, 0.29) is 0 Å². The third kappa shape index (κ3) is 8.95. The molecule has 0 radical (unpaired) electrons. The lowest BCUT2D eigenvalue weighted by Gasteiger charge is -2.23. The molecule has 0 saturated carbocycles. The number of carboxylic acid groups (broad SMARTS) is 4. The van der Waals surface area contributed by atoms with Crippen LogP contribution in [0.5, 0.6) is 0 Å². The first-order valence-electron chi connectivity index (χ1n) is 9.43. The van der Waals surface area contributed by atoms with Gasteiger partial charge in [0.25, 0.3) is 0 Å². The largest absolute Gasteiger partial charge is 0.481 e. The van der Waals surface area contributed by atoms with E-state index in [0.29, 0.717) is 19.4 Å². The first-order chi connectivity index (χ1) is 14.9. The Hall–Kier alpha value is -3.75. The van der Waals surface area contributed by atoms with Crippen LogP contribution in [0.3, 0.4) is 0 Å². The van der Waals surface area contributed by atoms with Crippen molar-refractivity contribution >= 4 is 41.6 Å². The van der Waals surface area contributed by atoms with Gasteiger partial charge in [0.05, 0.1) is 25.3 Å². The summed E-state index contributed by atoms with van der Waals surface area (Å²) in [4.78, 5) is 81.1. The van der Waals surface area contributed by atoms with Gasteiger partial charge in [-0.2, -0.15) is 0 Å². The topological polar surface area (TPSA) is 249 Å². The molecular formula is C17H24N4O11. The van der Waals surface area contributed by atoms with Gasteiger partial charge >= 0.3 is 23.9 Å². The normalized spacial score (nSPS) is 17.9. The molecule has 0 spiro atoms. The van der Waals surface area contributed by atoms with Crippen molar-refractivity contribution in [3.8, 4) is 0 Å². The fourth-order valence-electron chi connectivity index (χ4n) is 2.87. The van der Waals surface area contributed by atoms with Crippen molar-refractivity contribution in [2.75, 3.05) is 6.54 Å². The number of hydrogen-bond acceptors (Lipinski definition) is 8. The van der Waals surface area contributed by atoms with Crippen molar-refractivity contribution in [2.45, 2.75) is 56.3 Å². The predicted molar refractivity (Wildman–Crippen MR) is 101 cm³/mol. The van der Waals surface area contributed by atoms with Crippen molar-refractivity contribution in [3.05, 3.63) is 0 Å². The van der Waals surface area contributed by atoms with Gasteiger partial charge in [-0.15, -0.1) is 0 Å². The van der Waals surface area contributed by atoms with E-state index in [9.17, 15) is 33.6 Å². The minimum Gasteiger partial charge on any atom is -0.481 e. The van der Waals surface area contributed by atoms with Gasteiger partial charge in [0, 0.05) is 0 Å². The molecule has 1 aliphatic heterocycles. The third-order valence-electron chi connectivity index (χ3n) is 4.39. The summed E-state index contributed by atoms with van der Waals surface area (Å²) in [6.07, 6.45) is -1.76. The van der Waals surface area contributed by atoms with Crippen molar-refractivity contribution in [3.63, 3.8) is 0 Å². The zero-order valence-corrected chi connectivity index (χ0v) is 16.7. The zero-order valence-electron chi connectivity index (χ0n) is 16.7. The lowest BCUT2D eigenvalue weighted by molar-refractivity contribution is -0.148. The second-order valence-electron chi connectivity index (χ2n) is 6.96. The molecule has 0 aromatic carbocycles. The van der Waals surface area contributed by atoms with Crippen molar-refractivity contribution in [1.82, 2.24) is 21.3 Å². The molecule has 8 N–H and O–H groups in total. The molecule has 0 aromatic heterocycles. The minimum absolute atomic E-state index is 0.456. The fraction of sp³-hybridized carbons (Fsp3) is 0.588. The van der Waals surface area contributed by atoms with Crippen LogP contribution in [0.4, 0.5) is 0 Å². The van der Waals surface area contributed by atoms with E-state index in [1.54, 1.807) is 0 Å². The average Bonchev–Trinajstić information content (AvgIpc) is 3.20. The highest BCUT2D eigenvalue weighted by molar-refractivity contribution is 5.97. The Kier molecular flexibility index (Phi) is 10.0. The van der Waals surface area contributed by atoms with Gasteiger partial charge in [0.2, 0.25) is 17.7 Å². The Bertz CT molecular complexity index is 778. The van der Waals surface area contributed by atoms with Gasteiger partial charge in [-0.3, -0.25) is 28.8 Å². The Morgan fingerprint density at radius 2 is 1.16 bits per heavy atom. The molecule has 1 aliphatic rings. The molecule has 0 aliphatic carbocycles. The van der Waals surface area contributed by atoms with Crippen LogP contribution in [-0.4, -0.2) is 92.7 Å². The van der Waals surface area contributed by atoms with Crippen molar-refractivity contribution < 1.29 is 54.0 Å². The molecule has 1 heterocycles. The molecule has 1 rings (SSSR count). The van der Waals surface area contributed by atoms with Crippen LogP contribution in [0.2, 0.25) is 0 Å². The highest BCUT2D eigenvalue weighted by Crippen LogP contribution is 2.06. The van der Waals surface area contributed by atoms with Crippen LogP contribution in [0.1, 0.15) is 32.1 Å². The van der Waals surface area contributed by atoms with Crippen LogP contribution in [0.15, 0.2) is 0 Å². The second kappa shape index (κ2) is 12.2. The zero-order chi connectivity index (χ0) is 24.4. The number of amides is 3. The monoisotopic (exact) mass is 460 g/mol. The first-order valence-corrected chi connectivity index (χ1v) is 9.43. The maximum atomic E-state index is 12.5. The maximum absolute atomic E-state index is 12.5. The third-order valence-corrected chi connectivity index (χ3v) is 4.39. The van der Waals surface area contributed by atoms with E-state index >= 15 is 0 Å². The Balaban J connectivity index is 2.95. The number of carbonyl (C=O) groups is 7. The molecule has 178 valence electrons. The summed E-state index contributed by atoms with van der Waals surface area (Å²) in [6.45, 7) is 0.551. The lowest BCUT2D eigenvalue weighted by Crippen LogP contribution is -2.58. The molecule has 15 heteroatoms. The molecule has 0 aromatic rings. The first kappa shape index (κ1) is 26.3. The number of rotatable bonds is 13. The molecule has 1 fully saturated rings. The smallest absolute Gasteiger partial charge is 0.326 e. The summed E-state index contributed by atoms with van der Waals surface area (Å²) in [5.74, 6) is -9.45. The molecule has 15 nitrogen and oxygen atoms in total. The van der Waals surface area contributed by atoms with Gasteiger partial charge < -0.3 is 41.7 Å². The standard InChI is InChI=1S/C17H24N4O11/c22-11(23)4-8(19-14(28)7-2-1-3-18-7)15(29)20-9(5-12(24)25)16(30)21-10(17(31)32)6-13(26)27/h7-10,18H,1-6H2,(H,19,28)(H,20,29)(H,21,30)(H,22,23)(H,24,25)(H,26,27)(H,31,32). The van der Waals surface area contributed by atoms with Crippen LogP contribution in [0.25, 0.3) is 0 Å². The van der Waals surface area contributed by atoms with Gasteiger partial charge in [0.15, 0.2) is 0 Å². The minimum atomic E-state index is -1.91. The second-order valence-corrected chi connectivity index (χ2v) is 6.96. The molecular weight excluding hydrogens is 436 g/mol. The van der Waals surface area contributed by atoms with E-state index in [0.717, 1.165) is 0 Å². The number of aliphatic carboxylic acids is 4. The van der Waals surface area contributed by atoms with Gasteiger partial charge in [-0.25, -0.2) is 4.79 Å². The van der Waals surface area contributed by atoms with E-state index < -0.39 is 85.0 Å². The Morgan fingerprint density at radius 1 is 0.719 bits per heavy atom. The van der Waals surface area contributed by atoms with E-state index in [2.05, 4.69) is 10.6 Å². The highest BCUT2D eigenvalue weighted by atomic mass is 16.4. The number of hydrogen-bond donors (Lipinski definition) is 8. The van der Waals surface area contributed by atoms with E-state index in [1.165, 1.54) is 0 Å². The molecule has 4 atom stereocenters. The highest BCUT2D eigenvalue weighted by Gasteiger charge is 2.33. The Labute approximate surface area is 180 Å². The van der Waals surface area contributed by atoms with Crippen LogP contribution >= 0.6 is 0 Å². The molecule has 4 unspecified atom stereocenters. The Morgan fingerprint density at radius 3 is 1.56 bits per heavy atom. The quantitative estimate of drug-likeness (QED) is 0.135. The fourth-order valence-corrected chi connectivity index (χ4v) is 2.87. The predicted octanol–water partition coefficient (Wildman–Crippen LogP) is -3.30. The van der Waals surface area contributed by atoms with E-state index in [1.807, 2.05) is 10.6 Å². The summed E-state index contributed by atoms with van der Waals surface area (Å²) in [6, 6.07) is -6.07. The number of carbonyl (C=O) groups excluding carboxylic acids is 3. The van der Waals surface area contributed by atoms with E-state index in [4.69, 9.17) is 20.4 Å². The summed E-state index contributed by atoms with van der Waals surface area (Å²) in [5.41, 5.74) is 0. The van der Waals surface area contributed by atoms with Crippen LogP contribution in [0, 0.1) is 0 Å². The van der Waals surface area contributed by atoms with Crippen molar-refractivity contribution in [1.29, 1.82) is 0 Å². The molecule has 1 saturated heterocycles.